The van der Waals surface area contributed by atoms with Crippen LogP contribution in [-0.2, 0) is 0 Å². The molecule has 2 unspecified atom stereocenters. The summed E-state index contributed by atoms with van der Waals surface area (Å²) in [6, 6.07) is 0. The van der Waals surface area contributed by atoms with Gasteiger partial charge in [0.15, 0.2) is 0 Å². The Morgan fingerprint density at radius 1 is 1.33 bits per heavy atom. The summed E-state index contributed by atoms with van der Waals surface area (Å²) in [5, 5.41) is 9.43. The van der Waals surface area contributed by atoms with Gasteiger partial charge in [0, 0.05) is 25.1 Å². The van der Waals surface area contributed by atoms with Crippen LogP contribution in [-0.4, -0.2) is 36.8 Å². The molecule has 0 heterocycles. The fourth-order valence-corrected chi connectivity index (χ4v) is 2.19. The van der Waals surface area contributed by atoms with E-state index in [1.807, 2.05) is 0 Å². The molecule has 0 aliphatic heterocycles. The third-order valence-corrected chi connectivity index (χ3v) is 3.21. The topological polar surface area (TPSA) is 23.5 Å². The molecule has 0 aromatic heterocycles. The molecular formula is C13H29NO. The van der Waals surface area contributed by atoms with Crippen LogP contribution in [0.25, 0.3) is 0 Å². The summed E-state index contributed by atoms with van der Waals surface area (Å²) >= 11 is 0. The van der Waals surface area contributed by atoms with E-state index in [1.54, 1.807) is 0 Å². The summed E-state index contributed by atoms with van der Waals surface area (Å²) in [5.74, 6) is 0.750. The van der Waals surface area contributed by atoms with Gasteiger partial charge in [0.1, 0.15) is 0 Å². The molecule has 0 amide bonds. The quantitative estimate of drug-likeness (QED) is 0.673. The number of aliphatic hydroxyl groups is 1. The predicted octanol–water partition coefficient (Wildman–Crippen LogP) is 2.76. The molecule has 0 radical (unpaired) electrons. The van der Waals surface area contributed by atoms with Gasteiger partial charge in [-0.15, -0.1) is 0 Å². The number of hydrogen-bond acceptors (Lipinski definition) is 2. The highest BCUT2D eigenvalue weighted by molar-refractivity contribution is 4.76. The van der Waals surface area contributed by atoms with E-state index in [1.165, 1.54) is 6.42 Å². The molecule has 2 atom stereocenters. The zero-order valence-electron chi connectivity index (χ0n) is 11.2. The molecule has 0 aromatic rings. The standard InChI is InChI=1S/C13H29NO/c1-6-8-13(4,11-15)10-14(5)9-12(3)7-2/h12,15H,6-11H2,1-5H3. The first-order valence-corrected chi connectivity index (χ1v) is 6.26. The second-order valence-corrected chi connectivity index (χ2v) is 5.43. The van der Waals surface area contributed by atoms with Crippen LogP contribution in [0.2, 0.25) is 0 Å². The first kappa shape index (κ1) is 14.9. The second kappa shape index (κ2) is 7.24. The third kappa shape index (κ3) is 6.16. The van der Waals surface area contributed by atoms with Gasteiger partial charge in [-0.1, -0.05) is 40.5 Å². The van der Waals surface area contributed by atoms with Crippen LogP contribution in [0.5, 0.6) is 0 Å². The Morgan fingerprint density at radius 2 is 1.93 bits per heavy atom. The first-order chi connectivity index (χ1) is 6.97. The van der Waals surface area contributed by atoms with Crippen LogP contribution in [0, 0.1) is 11.3 Å². The van der Waals surface area contributed by atoms with Crippen LogP contribution in [0.15, 0.2) is 0 Å². The highest BCUT2D eigenvalue weighted by atomic mass is 16.3. The van der Waals surface area contributed by atoms with Gasteiger partial charge >= 0.3 is 0 Å². The molecule has 92 valence electrons. The van der Waals surface area contributed by atoms with Crippen molar-refractivity contribution in [2.45, 2.75) is 47.0 Å². The minimum atomic E-state index is 0.0803. The number of rotatable bonds is 8. The van der Waals surface area contributed by atoms with Gasteiger partial charge in [-0.2, -0.15) is 0 Å². The summed E-state index contributed by atoms with van der Waals surface area (Å²) < 4.78 is 0. The van der Waals surface area contributed by atoms with E-state index in [0.29, 0.717) is 6.61 Å². The van der Waals surface area contributed by atoms with Gasteiger partial charge in [0.25, 0.3) is 0 Å². The van der Waals surface area contributed by atoms with Gasteiger partial charge in [-0.3, -0.25) is 0 Å². The average Bonchev–Trinajstić information content (AvgIpc) is 2.17. The Kier molecular flexibility index (Phi) is 7.20. The van der Waals surface area contributed by atoms with Crippen LogP contribution in [0.1, 0.15) is 47.0 Å². The molecule has 0 bridgehead atoms. The first-order valence-electron chi connectivity index (χ1n) is 6.26. The van der Waals surface area contributed by atoms with Crippen LogP contribution >= 0.6 is 0 Å². The number of aliphatic hydroxyl groups excluding tert-OH is 1. The fraction of sp³-hybridized carbons (Fsp3) is 1.00. The van der Waals surface area contributed by atoms with Crippen molar-refractivity contribution in [3.05, 3.63) is 0 Å². The van der Waals surface area contributed by atoms with Crippen molar-refractivity contribution < 1.29 is 5.11 Å². The molecule has 0 saturated carbocycles. The van der Waals surface area contributed by atoms with E-state index < -0.39 is 0 Å². The van der Waals surface area contributed by atoms with E-state index in [0.717, 1.165) is 31.8 Å². The van der Waals surface area contributed by atoms with Gasteiger partial charge in [-0.05, 0) is 19.4 Å². The average molecular weight is 215 g/mol. The normalized spacial score (nSPS) is 17.8. The van der Waals surface area contributed by atoms with Gasteiger partial charge in [-0.25, -0.2) is 0 Å². The zero-order valence-corrected chi connectivity index (χ0v) is 11.2. The maximum atomic E-state index is 9.43. The molecule has 2 heteroatoms. The van der Waals surface area contributed by atoms with E-state index in [-0.39, 0.29) is 5.41 Å². The van der Waals surface area contributed by atoms with Crippen molar-refractivity contribution in [1.29, 1.82) is 0 Å². The Labute approximate surface area is 95.7 Å². The molecule has 0 aliphatic carbocycles. The predicted molar refractivity (Wildman–Crippen MR) is 67.1 cm³/mol. The van der Waals surface area contributed by atoms with E-state index in [2.05, 4.69) is 39.6 Å². The molecule has 0 aliphatic rings. The van der Waals surface area contributed by atoms with Crippen molar-refractivity contribution >= 4 is 0 Å². The Bertz CT molecular complexity index is 161. The summed E-state index contributed by atoms with van der Waals surface area (Å²) in [7, 11) is 2.16. The molecule has 2 nitrogen and oxygen atoms in total. The SMILES string of the molecule is CCCC(C)(CO)CN(C)CC(C)CC. The molecule has 0 aromatic carbocycles. The molecule has 1 N–H and O–H groups in total. The third-order valence-electron chi connectivity index (χ3n) is 3.21. The molecule has 0 fully saturated rings. The lowest BCUT2D eigenvalue weighted by Crippen LogP contribution is -2.38. The van der Waals surface area contributed by atoms with Gasteiger partial charge < -0.3 is 10.0 Å². The zero-order chi connectivity index (χ0) is 11.9. The highest BCUT2D eigenvalue weighted by Crippen LogP contribution is 2.23. The Balaban J connectivity index is 4.05. The summed E-state index contributed by atoms with van der Waals surface area (Å²) in [5.41, 5.74) is 0.0803. The maximum absolute atomic E-state index is 9.43. The minimum Gasteiger partial charge on any atom is -0.396 e. The summed E-state index contributed by atoms with van der Waals surface area (Å²) in [6.07, 6.45) is 3.48. The Morgan fingerprint density at radius 3 is 2.33 bits per heavy atom. The molecule has 0 saturated heterocycles. The van der Waals surface area contributed by atoms with Gasteiger partial charge in [0.2, 0.25) is 0 Å². The maximum Gasteiger partial charge on any atom is 0.0497 e. The summed E-state index contributed by atoms with van der Waals surface area (Å²) in [6.45, 7) is 11.3. The van der Waals surface area contributed by atoms with Gasteiger partial charge in [0.05, 0.1) is 0 Å². The second-order valence-electron chi connectivity index (χ2n) is 5.43. The van der Waals surface area contributed by atoms with Crippen LogP contribution < -0.4 is 0 Å². The smallest absolute Gasteiger partial charge is 0.0497 e. The highest BCUT2D eigenvalue weighted by Gasteiger charge is 2.24. The van der Waals surface area contributed by atoms with Crippen molar-refractivity contribution in [3.8, 4) is 0 Å². The Hall–Kier alpha value is -0.0800. The molecule has 0 spiro atoms. The lowest BCUT2D eigenvalue weighted by atomic mass is 9.86. The summed E-state index contributed by atoms with van der Waals surface area (Å²) in [4.78, 5) is 2.36. The van der Waals surface area contributed by atoms with Crippen molar-refractivity contribution in [1.82, 2.24) is 4.90 Å². The molecular weight excluding hydrogens is 186 g/mol. The minimum absolute atomic E-state index is 0.0803. The fourth-order valence-electron chi connectivity index (χ4n) is 2.19. The van der Waals surface area contributed by atoms with Crippen LogP contribution in [0.3, 0.4) is 0 Å². The molecule has 15 heavy (non-hydrogen) atoms. The number of hydrogen-bond donors (Lipinski definition) is 1. The van der Waals surface area contributed by atoms with Crippen molar-refractivity contribution in [3.63, 3.8) is 0 Å². The largest absolute Gasteiger partial charge is 0.396 e. The van der Waals surface area contributed by atoms with E-state index in [9.17, 15) is 5.11 Å². The van der Waals surface area contributed by atoms with Crippen molar-refractivity contribution in [2.24, 2.45) is 11.3 Å². The van der Waals surface area contributed by atoms with Crippen molar-refractivity contribution in [2.75, 3.05) is 26.7 Å². The molecule has 0 rings (SSSR count). The lowest BCUT2D eigenvalue weighted by Gasteiger charge is -2.33. The number of nitrogens with zero attached hydrogens (tertiary/aromatic N) is 1. The van der Waals surface area contributed by atoms with E-state index >= 15 is 0 Å². The van der Waals surface area contributed by atoms with E-state index in [4.69, 9.17) is 0 Å². The van der Waals surface area contributed by atoms with Crippen LogP contribution in [0.4, 0.5) is 0 Å². The monoisotopic (exact) mass is 215 g/mol. The lowest BCUT2D eigenvalue weighted by molar-refractivity contribution is 0.0849.